The van der Waals surface area contributed by atoms with Crippen molar-refractivity contribution in [2.45, 2.75) is 13.3 Å². The van der Waals surface area contributed by atoms with Gasteiger partial charge in [-0.25, -0.2) is 15.0 Å². The summed E-state index contributed by atoms with van der Waals surface area (Å²) in [5, 5.41) is 15.7. The SMILES string of the molecule is CC1CC=CC=C1c1ccc2ccc3ccc(-c4ccc5c(ccc6cc(-c7cccc(-c8nc9ccccc9c9c%10ccccc%10c%10ccccc%10c89)c7)ccc65)c4)nc3c2n1. The highest BCUT2D eigenvalue weighted by Gasteiger charge is 2.19. The molecular weight excluding hydrogens is 763 g/mol. The van der Waals surface area contributed by atoms with Gasteiger partial charge >= 0.3 is 0 Å². The van der Waals surface area contributed by atoms with Crippen molar-refractivity contribution < 1.29 is 0 Å². The molecule has 0 radical (unpaired) electrons. The molecule has 63 heavy (non-hydrogen) atoms. The monoisotopic (exact) mass is 801 g/mol. The highest BCUT2D eigenvalue weighted by atomic mass is 14.8. The second-order valence-corrected chi connectivity index (χ2v) is 17.1. The summed E-state index contributed by atoms with van der Waals surface area (Å²) in [5.41, 5.74) is 11.7. The second kappa shape index (κ2) is 14.0. The average Bonchev–Trinajstić information content (AvgIpc) is 3.35. The molecule has 3 aromatic heterocycles. The summed E-state index contributed by atoms with van der Waals surface area (Å²) >= 11 is 0. The fraction of sp³-hybridized carbons (Fsp3) is 0.0500. The first-order valence-corrected chi connectivity index (χ1v) is 21.9. The Labute approximate surface area is 364 Å². The zero-order valence-electron chi connectivity index (χ0n) is 34.7. The van der Waals surface area contributed by atoms with Gasteiger partial charge in [0, 0.05) is 38.1 Å². The van der Waals surface area contributed by atoms with E-state index in [0.717, 1.165) is 67.5 Å². The Bertz CT molecular complexity index is 3970. The van der Waals surface area contributed by atoms with E-state index in [1.165, 1.54) is 70.4 Å². The average molecular weight is 802 g/mol. The van der Waals surface area contributed by atoms with Crippen LogP contribution in [0.15, 0.2) is 200 Å². The number of hydrogen-bond acceptors (Lipinski definition) is 3. The van der Waals surface area contributed by atoms with Crippen LogP contribution < -0.4 is 0 Å². The predicted octanol–water partition coefficient (Wildman–Crippen LogP) is 16.1. The molecule has 12 aromatic rings. The molecular formula is C60H39N3. The molecule has 0 amide bonds. The number of hydrogen-bond donors (Lipinski definition) is 0. The van der Waals surface area contributed by atoms with Gasteiger partial charge in [-0.15, -0.1) is 0 Å². The fourth-order valence-corrected chi connectivity index (χ4v) is 10.3. The van der Waals surface area contributed by atoms with E-state index in [9.17, 15) is 0 Å². The van der Waals surface area contributed by atoms with Crippen LogP contribution in [0, 0.1) is 5.92 Å². The van der Waals surface area contributed by atoms with Gasteiger partial charge in [-0.05, 0) is 109 Å². The molecule has 3 heterocycles. The summed E-state index contributed by atoms with van der Waals surface area (Å²) in [6.07, 6.45) is 7.62. The van der Waals surface area contributed by atoms with E-state index >= 15 is 0 Å². The molecule has 0 aliphatic heterocycles. The molecule has 13 rings (SSSR count). The van der Waals surface area contributed by atoms with Crippen LogP contribution in [0.2, 0.25) is 0 Å². The van der Waals surface area contributed by atoms with Gasteiger partial charge in [-0.2, -0.15) is 0 Å². The molecule has 0 saturated heterocycles. The fourth-order valence-electron chi connectivity index (χ4n) is 10.3. The topological polar surface area (TPSA) is 38.7 Å². The van der Waals surface area contributed by atoms with E-state index < -0.39 is 0 Å². The Morgan fingerprint density at radius 1 is 0.397 bits per heavy atom. The van der Waals surface area contributed by atoms with E-state index in [2.05, 4.69) is 207 Å². The van der Waals surface area contributed by atoms with Gasteiger partial charge in [0.1, 0.15) is 0 Å². The number of para-hydroxylation sites is 1. The summed E-state index contributed by atoms with van der Waals surface area (Å²) < 4.78 is 0. The number of fused-ring (bicyclic) bond motifs is 14. The summed E-state index contributed by atoms with van der Waals surface area (Å²) in [6, 6.07) is 66.2. The highest BCUT2D eigenvalue weighted by molar-refractivity contribution is 6.33. The van der Waals surface area contributed by atoms with Crippen LogP contribution in [-0.2, 0) is 0 Å². The lowest BCUT2D eigenvalue weighted by molar-refractivity contribution is 0.755. The summed E-state index contributed by atoms with van der Waals surface area (Å²) in [5.74, 6) is 0.438. The van der Waals surface area contributed by atoms with Crippen LogP contribution in [0.25, 0.3) is 126 Å². The molecule has 0 bridgehead atoms. The first-order chi connectivity index (χ1) is 31.1. The van der Waals surface area contributed by atoms with Crippen LogP contribution in [0.3, 0.4) is 0 Å². The largest absolute Gasteiger partial charge is 0.247 e. The third kappa shape index (κ3) is 5.70. The Kier molecular flexibility index (Phi) is 7.95. The standard InChI is InChI=1S/C60H39N3/c1-36-11-2-3-14-45(36)55-32-28-38-22-21-37-27-31-53(61-59(37)60(38)63-55)43-26-30-47-42(35-43)24-23-41-33-40(25-29-46(41)47)39-12-10-13-44(34-39)58-57-51-18-7-5-16-49(51)48-15-4-6-17-50(48)56(57)52-19-8-9-20-54(52)62-58/h2-10,12-36H,11H2,1H3. The predicted molar refractivity (Wildman–Crippen MR) is 267 cm³/mol. The molecule has 294 valence electrons. The first kappa shape index (κ1) is 35.7. The molecule has 3 nitrogen and oxygen atoms in total. The normalized spacial score (nSPS) is 14.2. The zero-order valence-corrected chi connectivity index (χ0v) is 34.7. The van der Waals surface area contributed by atoms with Crippen molar-refractivity contribution in [3.63, 3.8) is 0 Å². The Morgan fingerprint density at radius 3 is 1.68 bits per heavy atom. The second-order valence-electron chi connectivity index (χ2n) is 17.1. The van der Waals surface area contributed by atoms with Crippen LogP contribution in [0.1, 0.15) is 19.0 Å². The van der Waals surface area contributed by atoms with E-state index in [0.29, 0.717) is 5.92 Å². The minimum Gasteiger partial charge on any atom is -0.247 e. The van der Waals surface area contributed by atoms with Gasteiger partial charge in [-0.3, -0.25) is 0 Å². The van der Waals surface area contributed by atoms with E-state index in [4.69, 9.17) is 15.0 Å². The summed E-state index contributed by atoms with van der Waals surface area (Å²) in [4.78, 5) is 15.9. The van der Waals surface area contributed by atoms with Gasteiger partial charge in [0.25, 0.3) is 0 Å². The lowest BCUT2D eigenvalue weighted by Gasteiger charge is -2.17. The van der Waals surface area contributed by atoms with Crippen molar-refractivity contribution in [1.82, 2.24) is 15.0 Å². The van der Waals surface area contributed by atoms with Crippen molar-refractivity contribution in [3.8, 4) is 33.6 Å². The molecule has 1 atom stereocenters. The van der Waals surface area contributed by atoms with Crippen LogP contribution in [-0.4, -0.2) is 15.0 Å². The molecule has 0 saturated carbocycles. The van der Waals surface area contributed by atoms with Crippen LogP contribution in [0.5, 0.6) is 0 Å². The molecule has 3 heteroatoms. The molecule has 1 unspecified atom stereocenters. The van der Waals surface area contributed by atoms with Crippen molar-refractivity contribution in [2.24, 2.45) is 5.92 Å². The zero-order chi connectivity index (χ0) is 41.6. The number of aromatic nitrogens is 3. The third-order valence-corrected chi connectivity index (χ3v) is 13.4. The Hall–Kier alpha value is -8.01. The smallest absolute Gasteiger partial charge is 0.0972 e. The Balaban J connectivity index is 0.894. The first-order valence-electron chi connectivity index (χ1n) is 21.9. The number of nitrogens with zero attached hydrogens (tertiary/aromatic N) is 3. The third-order valence-electron chi connectivity index (χ3n) is 13.4. The molecule has 0 spiro atoms. The Morgan fingerprint density at radius 2 is 0.952 bits per heavy atom. The summed E-state index contributed by atoms with van der Waals surface area (Å²) in [7, 11) is 0. The number of benzene rings is 9. The maximum absolute atomic E-state index is 5.42. The molecule has 0 fully saturated rings. The van der Waals surface area contributed by atoms with Crippen LogP contribution >= 0.6 is 0 Å². The maximum atomic E-state index is 5.42. The van der Waals surface area contributed by atoms with E-state index in [1.54, 1.807) is 0 Å². The van der Waals surface area contributed by atoms with Crippen molar-refractivity contribution in [1.29, 1.82) is 0 Å². The lowest BCUT2D eigenvalue weighted by Crippen LogP contribution is -2.02. The van der Waals surface area contributed by atoms with Gasteiger partial charge < -0.3 is 0 Å². The number of pyridine rings is 3. The van der Waals surface area contributed by atoms with Crippen molar-refractivity contribution in [2.75, 3.05) is 0 Å². The van der Waals surface area contributed by atoms with Crippen molar-refractivity contribution >= 4 is 92.1 Å². The molecule has 1 aliphatic carbocycles. The quantitative estimate of drug-likeness (QED) is 0.166. The van der Waals surface area contributed by atoms with Gasteiger partial charge in [0.15, 0.2) is 0 Å². The highest BCUT2D eigenvalue weighted by Crippen LogP contribution is 2.43. The van der Waals surface area contributed by atoms with Gasteiger partial charge in [-0.1, -0.05) is 171 Å². The van der Waals surface area contributed by atoms with E-state index in [-0.39, 0.29) is 0 Å². The molecule has 0 N–H and O–H groups in total. The van der Waals surface area contributed by atoms with Gasteiger partial charge in [0.2, 0.25) is 0 Å². The lowest BCUT2D eigenvalue weighted by atomic mass is 9.89. The molecule has 9 aromatic carbocycles. The summed E-state index contributed by atoms with van der Waals surface area (Å²) in [6.45, 7) is 2.27. The number of rotatable bonds is 4. The minimum absolute atomic E-state index is 0.438. The van der Waals surface area contributed by atoms with Gasteiger partial charge in [0.05, 0.1) is 33.6 Å². The minimum atomic E-state index is 0.438. The number of allylic oxidation sites excluding steroid dienone is 4. The molecule has 1 aliphatic rings. The van der Waals surface area contributed by atoms with Crippen molar-refractivity contribution in [3.05, 3.63) is 206 Å². The van der Waals surface area contributed by atoms with Crippen LogP contribution in [0.4, 0.5) is 0 Å². The van der Waals surface area contributed by atoms with E-state index in [1.807, 2.05) is 0 Å². The maximum Gasteiger partial charge on any atom is 0.0972 e.